The Morgan fingerprint density at radius 1 is 1.03 bits per heavy atom. The molecule has 2 aromatic carbocycles. The van der Waals surface area contributed by atoms with Gasteiger partial charge in [0, 0.05) is 23.5 Å². The highest BCUT2D eigenvalue weighted by atomic mass is 16.2. The Morgan fingerprint density at radius 2 is 1.77 bits per heavy atom. The Balaban J connectivity index is 1.62. The van der Waals surface area contributed by atoms with Gasteiger partial charge in [0.15, 0.2) is 0 Å². The number of H-pyrrole nitrogens is 1. The second-order valence-electron chi connectivity index (χ2n) is 6.78. The highest BCUT2D eigenvalue weighted by Crippen LogP contribution is 2.19. The van der Waals surface area contributed by atoms with Gasteiger partial charge in [0.2, 0.25) is 5.78 Å². The lowest BCUT2D eigenvalue weighted by molar-refractivity contribution is -0.137. The van der Waals surface area contributed by atoms with Crippen LogP contribution in [0.1, 0.15) is 16.1 Å². The van der Waals surface area contributed by atoms with Crippen molar-refractivity contribution in [1.29, 1.82) is 0 Å². The minimum absolute atomic E-state index is 0.122. The highest BCUT2D eigenvalue weighted by molar-refractivity contribution is 6.38. The van der Waals surface area contributed by atoms with Crippen molar-refractivity contribution in [3.05, 3.63) is 84.3 Å². The summed E-state index contributed by atoms with van der Waals surface area (Å²) in [6, 6.07) is 17.1. The maximum atomic E-state index is 12.9. The van der Waals surface area contributed by atoms with Gasteiger partial charge in [0.05, 0.1) is 11.9 Å². The molecular formula is C22H19N5O3. The molecule has 2 aromatic heterocycles. The fourth-order valence-electron chi connectivity index (χ4n) is 3.38. The van der Waals surface area contributed by atoms with Crippen molar-refractivity contribution in [2.45, 2.75) is 12.5 Å². The number of aromatic amines is 1. The van der Waals surface area contributed by atoms with E-state index in [2.05, 4.69) is 15.4 Å². The lowest BCUT2D eigenvalue weighted by Gasteiger charge is -2.16. The smallest absolute Gasteiger partial charge is 0.287 e. The molecule has 4 aromatic rings. The monoisotopic (exact) mass is 401 g/mol. The summed E-state index contributed by atoms with van der Waals surface area (Å²) in [4.78, 5) is 40.1. The molecule has 150 valence electrons. The van der Waals surface area contributed by atoms with E-state index in [-0.39, 0.29) is 12.1 Å². The summed E-state index contributed by atoms with van der Waals surface area (Å²) < 4.78 is 1.47. The van der Waals surface area contributed by atoms with E-state index >= 15 is 0 Å². The number of nitrogens with two attached hydrogens (primary N) is 1. The minimum atomic E-state index is -1.10. The molecule has 30 heavy (non-hydrogen) atoms. The molecule has 0 bridgehead atoms. The molecule has 2 amide bonds. The first-order chi connectivity index (χ1) is 14.5. The molecule has 0 spiro atoms. The summed E-state index contributed by atoms with van der Waals surface area (Å²) in [5, 5.41) is 7.74. The Bertz CT molecular complexity index is 1230. The van der Waals surface area contributed by atoms with E-state index in [4.69, 9.17) is 5.73 Å². The normalized spacial score (nSPS) is 11.9. The summed E-state index contributed by atoms with van der Waals surface area (Å²) in [5.41, 5.74) is 7.85. The van der Waals surface area contributed by atoms with Crippen molar-refractivity contribution in [2.24, 2.45) is 5.73 Å². The average Bonchev–Trinajstić information content (AvgIpc) is 3.41. The van der Waals surface area contributed by atoms with Crippen molar-refractivity contribution < 1.29 is 14.4 Å². The number of para-hydroxylation sites is 2. The third-order valence-corrected chi connectivity index (χ3v) is 4.84. The van der Waals surface area contributed by atoms with Crippen molar-refractivity contribution >= 4 is 28.5 Å². The fourth-order valence-corrected chi connectivity index (χ4v) is 3.38. The van der Waals surface area contributed by atoms with Gasteiger partial charge in [0.1, 0.15) is 11.7 Å². The predicted octanol–water partition coefficient (Wildman–Crippen LogP) is 1.75. The number of nitrogens with one attached hydrogen (secondary N) is 2. The average molecular weight is 401 g/mol. The zero-order valence-corrected chi connectivity index (χ0v) is 15.9. The van der Waals surface area contributed by atoms with E-state index in [9.17, 15) is 14.4 Å². The van der Waals surface area contributed by atoms with Gasteiger partial charge in [-0.2, -0.15) is 5.10 Å². The van der Waals surface area contributed by atoms with Crippen LogP contribution in [0.5, 0.6) is 0 Å². The molecule has 1 unspecified atom stereocenters. The van der Waals surface area contributed by atoms with Crippen LogP contribution in [0.4, 0.5) is 0 Å². The van der Waals surface area contributed by atoms with Gasteiger partial charge in [-0.15, -0.1) is 0 Å². The molecule has 0 saturated heterocycles. The van der Waals surface area contributed by atoms with Gasteiger partial charge < -0.3 is 16.0 Å². The molecule has 0 radical (unpaired) electrons. The maximum Gasteiger partial charge on any atom is 0.287 e. The number of hydrogen-bond acceptors (Lipinski definition) is 4. The summed E-state index contributed by atoms with van der Waals surface area (Å²) in [5.74, 6) is -2.49. The number of primary amides is 1. The summed E-state index contributed by atoms with van der Waals surface area (Å²) in [7, 11) is 0. The van der Waals surface area contributed by atoms with Gasteiger partial charge in [-0.05, 0) is 29.8 Å². The standard InChI is InChI=1S/C22H19N5O3/c23-21(29)20(28)18(12-14-13-24-17-9-5-4-8-16(14)17)26-22(30)19-10-11-25-27(19)15-6-2-1-3-7-15/h1-11,13,18,24H,12H2,(H2,23,29)(H,26,30). The Hall–Kier alpha value is -4.20. The maximum absolute atomic E-state index is 12.9. The third kappa shape index (κ3) is 3.70. The molecule has 2 heterocycles. The van der Waals surface area contributed by atoms with Crippen molar-refractivity contribution in [3.8, 4) is 5.69 Å². The summed E-state index contributed by atoms with van der Waals surface area (Å²) in [6.07, 6.45) is 3.37. The topological polar surface area (TPSA) is 123 Å². The number of ketones is 1. The number of carbonyl (C=O) groups excluding carboxylic acids is 3. The SMILES string of the molecule is NC(=O)C(=O)C(Cc1c[nH]c2ccccc12)NC(=O)c1ccnn1-c1ccccc1. The zero-order chi connectivity index (χ0) is 21.1. The van der Waals surface area contributed by atoms with E-state index < -0.39 is 23.6 Å². The minimum Gasteiger partial charge on any atom is -0.363 e. The summed E-state index contributed by atoms with van der Waals surface area (Å²) >= 11 is 0. The van der Waals surface area contributed by atoms with Gasteiger partial charge >= 0.3 is 0 Å². The highest BCUT2D eigenvalue weighted by Gasteiger charge is 2.28. The van der Waals surface area contributed by atoms with Crippen LogP contribution in [0.15, 0.2) is 73.1 Å². The first-order valence-corrected chi connectivity index (χ1v) is 9.33. The van der Waals surface area contributed by atoms with Gasteiger partial charge in [-0.1, -0.05) is 36.4 Å². The van der Waals surface area contributed by atoms with E-state index in [0.717, 1.165) is 16.5 Å². The molecule has 0 saturated carbocycles. The molecule has 0 aliphatic carbocycles. The van der Waals surface area contributed by atoms with Crippen molar-refractivity contribution in [1.82, 2.24) is 20.1 Å². The van der Waals surface area contributed by atoms with Crippen LogP contribution >= 0.6 is 0 Å². The number of Topliss-reactive ketones (excluding diaryl/α,β-unsaturated/α-hetero) is 1. The van der Waals surface area contributed by atoms with E-state index in [0.29, 0.717) is 5.69 Å². The number of hydrogen-bond donors (Lipinski definition) is 3. The molecule has 0 aliphatic rings. The Morgan fingerprint density at radius 3 is 2.53 bits per heavy atom. The molecule has 0 fully saturated rings. The molecular weight excluding hydrogens is 382 g/mol. The van der Waals surface area contributed by atoms with Crippen molar-refractivity contribution in [3.63, 3.8) is 0 Å². The number of rotatable bonds is 7. The molecule has 1 atom stereocenters. The van der Waals surface area contributed by atoms with Crippen molar-refractivity contribution in [2.75, 3.05) is 0 Å². The number of benzene rings is 2. The van der Waals surface area contributed by atoms with Crippen LogP contribution in [0.25, 0.3) is 16.6 Å². The predicted molar refractivity (Wildman–Crippen MR) is 111 cm³/mol. The van der Waals surface area contributed by atoms with E-state index in [1.165, 1.54) is 10.9 Å². The Kier molecular flexibility index (Phi) is 5.13. The number of fused-ring (bicyclic) bond motifs is 1. The van der Waals surface area contributed by atoms with Crippen LogP contribution in [0, 0.1) is 0 Å². The number of aromatic nitrogens is 3. The largest absolute Gasteiger partial charge is 0.363 e. The Labute approximate surface area is 171 Å². The lowest BCUT2D eigenvalue weighted by atomic mass is 10.0. The molecule has 8 nitrogen and oxygen atoms in total. The molecule has 4 rings (SSSR count). The second kappa shape index (κ2) is 8.04. The third-order valence-electron chi connectivity index (χ3n) is 4.84. The lowest BCUT2D eigenvalue weighted by Crippen LogP contribution is -2.47. The quantitative estimate of drug-likeness (QED) is 0.408. The van der Waals surface area contributed by atoms with Crippen LogP contribution in [-0.4, -0.2) is 38.4 Å². The number of nitrogens with zero attached hydrogens (tertiary/aromatic N) is 2. The van der Waals surface area contributed by atoms with Crippen LogP contribution in [0.3, 0.4) is 0 Å². The first kappa shape index (κ1) is 19.1. The van der Waals surface area contributed by atoms with Crippen LogP contribution in [0.2, 0.25) is 0 Å². The van der Waals surface area contributed by atoms with Crippen LogP contribution < -0.4 is 11.1 Å². The van der Waals surface area contributed by atoms with Gasteiger partial charge in [-0.3, -0.25) is 14.4 Å². The molecule has 8 heteroatoms. The second-order valence-corrected chi connectivity index (χ2v) is 6.78. The summed E-state index contributed by atoms with van der Waals surface area (Å²) in [6.45, 7) is 0. The van der Waals surface area contributed by atoms with Crippen LogP contribution in [-0.2, 0) is 16.0 Å². The van der Waals surface area contributed by atoms with E-state index in [1.54, 1.807) is 12.3 Å². The molecule has 0 aliphatic heterocycles. The fraction of sp³-hybridized carbons (Fsp3) is 0.0909. The first-order valence-electron chi connectivity index (χ1n) is 9.33. The van der Waals surface area contributed by atoms with Gasteiger partial charge in [-0.25, -0.2) is 4.68 Å². The number of carbonyl (C=O) groups is 3. The number of amides is 2. The van der Waals surface area contributed by atoms with Gasteiger partial charge in [0.25, 0.3) is 11.8 Å². The van der Waals surface area contributed by atoms with E-state index in [1.807, 2.05) is 54.6 Å². The zero-order valence-electron chi connectivity index (χ0n) is 15.9. The molecule has 4 N–H and O–H groups in total.